The molecule has 0 saturated heterocycles. The van der Waals surface area contributed by atoms with Crippen LogP contribution in [-0.2, 0) is 13.5 Å². The lowest BCUT2D eigenvalue weighted by atomic mass is 9.81. The van der Waals surface area contributed by atoms with Crippen molar-refractivity contribution in [3.63, 3.8) is 0 Å². The van der Waals surface area contributed by atoms with E-state index in [0.29, 0.717) is 0 Å². The molecular formula is C14H18N4. The van der Waals surface area contributed by atoms with Gasteiger partial charge in [-0.05, 0) is 30.0 Å². The number of pyridine rings is 1. The van der Waals surface area contributed by atoms with E-state index in [1.807, 2.05) is 19.2 Å². The summed E-state index contributed by atoms with van der Waals surface area (Å²) in [6, 6.07) is 4.00. The van der Waals surface area contributed by atoms with E-state index in [1.165, 1.54) is 19.3 Å². The summed E-state index contributed by atoms with van der Waals surface area (Å²) in [7, 11) is 1.91. The third kappa shape index (κ3) is 1.88. The van der Waals surface area contributed by atoms with Gasteiger partial charge in [-0.25, -0.2) is 0 Å². The van der Waals surface area contributed by atoms with Gasteiger partial charge in [0.05, 0.1) is 5.69 Å². The summed E-state index contributed by atoms with van der Waals surface area (Å²) in [5, 5.41) is 4.58. The summed E-state index contributed by atoms with van der Waals surface area (Å²) in [4.78, 5) is 4.06. The number of anilines is 1. The second kappa shape index (κ2) is 4.44. The Hall–Kier alpha value is -1.84. The number of aryl methyl sites for hydroxylation is 1. The van der Waals surface area contributed by atoms with Crippen LogP contribution in [-0.4, -0.2) is 14.8 Å². The zero-order valence-corrected chi connectivity index (χ0v) is 10.6. The van der Waals surface area contributed by atoms with Crippen molar-refractivity contribution >= 4 is 5.82 Å². The van der Waals surface area contributed by atoms with E-state index in [1.54, 1.807) is 17.1 Å². The van der Waals surface area contributed by atoms with E-state index < -0.39 is 0 Å². The predicted octanol–water partition coefficient (Wildman–Crippen LogP) is 2.41. The van der Waals surface area contributed by atoms with Gasteiger partial charge < -0.3 is 5.73 Å². The van der Waals surface area contributed by atoms with Gasteiger partial charge in [0.2, 0.25) is 0 Å². The lowest BCUT2D eigenvalue weighted by Gasteiger charge is -2.24. The highest BCUT2D eigenvalue weighted by Crippen LogP contribution is 2.35. The molecule has 0 amide bonds. The lowest BCUT2D eigenvalue weighted by Crippen LogP contribution is -2.14. The highest BCUT2D eigenvalue weighted by atomic mass is 15.3. The van der Waals surface area contributed by atoms with Gasteiger partial charge in [0.15, 0.2) is 0 Å². The van der Waals surface area contributed by atoms with Crippen molar-refractivity contribution in [3.8, 4) is 11.1 Å². The van der Waals surface area contributed by atoms with Crippen molar-refractivity contribution < 1.29 is 0 Å². The Morgan fingerprint density at radius 2 is 2.06 bits per heavy atom. The number of rotatable bonds is 3. The van der Waals surface area contributed by atoms with Crippen molar-refractivity contribution in [1.29, 1.82) is 0 Å². The Bertz CT molecular complexity index is 540. The molecule has 0 aromatic carbocycles. The summed E-state index contributed by atoms with van der Waals surface area (Å²) < 4.78 is 1.78. The zero-order chi connectivity index (χ0) is 12.5. The molecule has 18 heavy (non-hydrogen) atoms. The minimum absolute atomic E-state index is 0.746. The molecule has 0 aliphatic heterocycles. The van der Waals surface area contributed by atoms with Crippen LogP contribution in [0.2, 0.25) is 0 Å². The van der Waals surface area contributed by atoms with Crippen LogP contribution in [0.1, 0.15) is 25.0 Å². The van der Waals surface area contributed by atoms with Crippen molar-refractivity contribution in [3.05, 3.63) is 30.2 Å². The molecule has 1 aliphatic rings. The van der Waals surface area contributed by atoms with E-state index in [4.69, 9.17) is 5.73 Å². The molecule has 0 unspecified atom stereocenters. The van der Waals surface area contributed by atoms with Gasteiger partial charge in [0.25, 0.3) is 0 Å². The third-order valence-electron chi connectivity index (χ3n) is 3.84. The standard InChI is InChI=1S/C14H18N4/c1-18-14(15)13(11-5-7-16-8-6-11)12(17-18)9-10-3-2-4-10/h5-8,10H,2-4,9,15H2,1H3. The molecule has 0 atom stereocenters. The Labute approximate surface area is 107 Å². The summed E-state index contributed by atoms with van der Waals surface area (Å²) >= 11 is 0. The molecule has 3 rings (SSSR count). The third-order valence-corrected chi connectivity index (χ3v) is 3.84. The van der Waals surface area contributed by atoms with Crippen molar-refractivity contribution in [2.75, 3.05) is 5.73 Å². The van der Waals surface area contributed by atoms with Crippen LogP contribution < -0.4 is 5.73 Å². The van der Waals surface area contributed by atoms with Crippen molar-refractivity contribution in [1.82, 2.24) is 14.8 Å². The van der Waals surface area contributed by atoms with Crippen LogP contribution in [0.25, 0.3) is 11.1 Å². The van der Waals surface area contributed by atoms with Gasteiger partial charge in [-0.15, -0.1) is 0 Å². The van der Waals surface area contributed by atoms with Gasteiger partial charge in [0.1, 0.15) is 5.82 Å². The van der Waals surface area contributed by atoms with Gasteiger partial charge in [-0.1, -0.05) is 19.3 Å². The van der Waals surface area contributed by atoms with Crippen LogP contribution >= 0.6 is 0 Å². The molecule has 4 nitrogen and oxygen atoms in total. The molecule has 1 saturated carbocycles. The average Bonchev–Trinajstić information content (AvgIpc) is 2.61. The molecule has 0 spiro atoms. The predicted molar refractivity (Wildman–Crippen MR) is 71.9 cm³/mol. The number of nitrogen functional groups attached to an aromatic ring is 1. The molecule has 2 aromatic heterocycles. The normalized spacial score (nSPS) is 15.6. The van der Waals surface area contributed by atoms with Crippen molar-refractivity contribution in [2.45, 2.75) is 25.7 Å². The zero-order valence-electron chi connectivity index (χ0n) is 10.6. The summed E-state index contributed by atoms with van der Waals surface area (Å²) in [5.41, 5.74) is 9.49. The van der Waals surface area contributed by atoms with Crippen LogP contribution in [0.4, 0.5) is 5.82 Å². The molecule has 4 heteroatoms. The number of aromatic nitrogens is 3. The SMILES string of the molecule is Cn1nc(CC2CCC2)c(-c2ccncc2)c1N. The lowest BCUT2D eigenvalue weighted by molar-refractivity contribution is 0.311. The molecule has 0 radical (unpaired) electrons. The van der Waals surface area contributed by atoms with Gasteiger partial charge in [0, 0.05) is 25.0 Å². The molecule has 2 N–H and O–H groups in total. The fraction of sp³-hybridized carbons (Fsp3) is 0.429. The van der Waals surface area contributed by atoms with E-state index in [9.17, 15) is 0 Å². The van der Waals surface area contributed by atoms with E-state index in [0.717, 1.165) is 35.0 Å². The molecular weight excluding hydrogens is 224 g/mol. The van der Waals surface area contributed by atoms with Crippen LogP contribution in [0, 0.1) is 5.92 Å². The van der Waals surface area contributed by atoms with Gasteiger partial charge >= 0.3 is 0 Å². The second-order valence-electron chi connectivity index (χ2n) is 5.07. The van der Waals surface area contributed by atoms with Crippen molar-refractivity contribution in [2.24, 2.45) is 13.0 Å². The van der Waals surface area contributed by atoms with Crippen LogP contribution in [0.15, 0.2) is 24.5 Å². The summed E-state index contributed by atoms with van der Waals surface area (Å²) in [5.74, 6) is 1.54. The maximum absolute atomic E-state index is 6.15. The number of hydrogen-bond acceptors (Lipinski definition) is 3. The molecule has 0 bridgehead atoms. The Morgan fingerprint density at radius 3 is 2.67 bits per heavy atom. The maximum Gasteiger partial charge on any atom is 0.129 e. The first kappa shape index (κ1) is 11.3. The number of hydrogen-bond donors (Lipinski definition) is 1. The first-order chi connectivity index (χ1) is 8.75. The van der Waals surface area contributed by atoms with Gasteiger partial charge in [-0.2, -0.15) is 5.10 Å². The fourth-order valence-corrected chi connectivity index (χ4v) is 2.54. The van der Waals surface area contributed by atoms with E-state index >= 15 is 0 Å². The first-order valence-corrected chi connectivity index (χ1v) is 6.47. The van der Waals surface area contributed by atoms with Crippen LogP contribution in [0.5, 0.6) is 0 Å². The minimum atomic E-state index is 0.746. The summed E-state index contributed by atoms with van der Waals surface area (Å²) in [6.45, 7) is 0. The maximum atomic E-state index is 6.15. The second-order valence-corrected chi connectivity index (χ2v) is 5.07. The van der Waals surface area contributed by atoms with Crippen LogP contribution in [0.3, 0.4) is 0 Å². The smallest absolute Gasteiger partial charge is 0.129 e. The summed E-state index contributed by atoms with van der Waals surface area (Å²) in [6.07, 6.45) is 8.66. The average molecular weight is 242 g/mol. The Balaban J connectivity index is 2.00. The molecule has 2 aromatic rings. The highest BCUT2D eigenvalue weighted by Gasteiger charge is 2.23. The minimum Gasteiger partial charge on any atom is -0.383 e. The van der Waals surface area contributed by atoms with E-state index in [2.05, 4.69) is 10.1 Å². The molecule has 1 aliphatic carbocycles. The Morgan fingerprint density at radius 1 is 1.33 bits per heavy atom. The highest BCUT2D eigenvalue weighted by molar-refractivity contribution is 5.76. The number of nitrogens with zero attached hydrogens (tertiary/aromatic N) is 3. The monoisotopic (exact) mass is 242 g/mol. The molecule has 1 fully saturated rings. The number of nitrogens with two attached hydrogens (primary N) is 1. The molecule has 2 heterocycles. The topological polar surface area (TPSA) is 56.7 Å². The van der Waals surface area contributed by atoms with Gasteiger partial charge in [-0.3, -0.25) is 9.67 Å². The molecule has 94 valence electrons. The van der Waals surface area contributed by atoms with E-state index in [-0.39, 0.29) is 0 Å². The largest absolute Gasteiger partial charge is 0.383 e. The first-order valence-electron chi connectivity index (χ1n) is 6.47. The fourth-order valence-electron chi connectivity index (χ4n) is 2.54. The Kier molecular flexibility index (Phi) is 2.78. The quantitative estimate of drug-likeness (QED) is 0.899.